The van der Waals surface area contributed by atoms with Crippen LogP contribution in [0.5, 0.6) is 0 Å². The van der Waals surface area contributed by atoms with Crippen LogP contribution in [0.15, 0.2) is 35.3 Å². The molecule has 128 valence electrons. The summed E-state index contributed by atoms with van der Waals surface area (Å²) in [6.45, 7) is 10.5. The topological polar surface area (TPSA) is 39.7 Å². The fraction of sp³-hybridized carbons (Fsp3) is 0.632. The Balaban J connectivity index is 2.02. The summed E-state index contributed by atoms with van der Waals surface area (Å²) >= 11 is 0. The highest BCUT2D eigenvalue weighted by Gasteiger charge is 2.22. The van der Waals surface area contributed by atoms with E-state index in [1.807, 2.05) is 0 Å². The second-order valence-electron chi connectivity index (χ2n) is 6.20. The van der Waals surface area contributed by atoms with Gasteiger partial charge in [0.1, 0.15) is 0 Å². The lowest BCUT2D eigenvalue weighted by molar-refractivity contribution is 0.220. The first kappa shape index (κ1) is 17.8. The first-order chi connectivity index (χ1) is 11.3. The van der Waals surface area contributed by atoms with E-state index in [-0.39, 0.29) is 0 Å². The molecule has 0 bridgehead atoms. The third-order valence-corrected chi connectivity index (χ3v) is 4.37. The number of guanidine groups is 1. The van der Waals surface area contributed by atoms with Crippen LogP contribution >= 0.6 is 0 Å². The molecule has 1 aliphatic carbocycles. The smallest absolute Gasteiger partial charge is 0.191 e. The summed E-state index contributed by atoms with van der Waals surface area (Å²) in [6, 6.07) is 11.8. The molecule has 1 aliphatic rings. The number of rotatable bonds is 9. The van der Waals surface area contributed by atoms with Crippen molar-refractivity contribution in [3.63, 3.8) is 0 Å². The number of hydrogen-bond acceptors (Lipinski definition) is 2. The van der Waals surface area contributed by atoms with Crippen LogP contribution in [-0.4, -0.2) is 49.1 Å². The molecule has 0 spiro atoms. The molecule has 4 nitrogen and oxygen atoms in total. The zero-order valence-electron chi connectivity index (χ0n) is 14.9. The van der Waals surface area contributed by atoms with E-state index in [9.17, 15) is 0 Å². The summed E-state index contributed by atoms with van der Waals surface area (Å²) < 4.78 is 0. The Labute approximate surface area is 141 Å². The molecule has 2 rings (SSSR count). The summed E-state index contributed by atoms with van der Waals surface area (Å²) in [4.78, 5) is 7.37. The van der Waals surface area contributed by atoms with Crippen molar-refractivity contribution >= 4 is 5.96 Å². The summed E-state index contributed by atoms with van der Waals surface area (Å²) in [6.07, 6.45) is 3.59. The maximum absolute atomic E-state index is 4.86. The molecule has 0 aliphatic heterocycles. The van der Waals surface area contributed by atoms with Gasteiger partial charge in [0.05, 0.1) is 6.54 Å². The molecule has 1 aromatic carbocycles. The van der Waals surface area contributed by atoms with Crippen molar-refractivity contribution in [1.82, 2.24) is 15.5 Å². The SMILES string of the molecule is CCNC(=NCC(Cc1ccccc1)N(CC)CC)NC1CC1. The molecule has 0 amide bonds. The Morgan fingerprint density at radius 2 is 1.87 bits per heavy atom. The second kappa shape index (κ2) is 9.56. The van der Waals surface area contributed by atoms with E-state index in [1.54, 1.807) is 0 Å². The van der Waals surface area contributed by atoms with Gasteiger partial charge in [0.15, 0.2) is 5.96 Å². The van der Waals surface area contributed by atoms with Crippen molar-refractivity contribution in [2.75, 3.05) is 26.2 Å². The molecule has 1 unspecified atom stereocenters. The highest BCUT2D eigenvalue weighted by molar-refractivity contribution is 5.80. The molecular weight excluding hydrogens is 284 g/mol. The molecule has 1 aromatic rings. The largest absolute Gasteiger partial charge is 0.357 e. The van der Waals surface area contributed by atoms with Gasteiger partial charge in [-0.1, -0.05) is 44.2 Å². The van der Waals surface area contributed by atoms with Crippen LogP contribution in [0.1, 0.15) is 39.2 Å². The quantitative estimate of drug-likeness (QED) is 0.543. The van der Waals surface area contributed by atoms with E-state index in [2.05, 4.69) is 66.6 Å². The number of likely N-dealkylation sites (N-methyl/N-ethyl adjacent to an activating group) is 1. The van der Waals surface area contributed by atoms with Gasteiger partial charge in [0.25, 0.3) is 0 Å². The van der Waals surface area contributed by atoms with E-state index in [0.717, 1.165) is 38.6 Å². The Bertz CT molecular complexity index is 464. The minimum atomic E-state index is 0.446. The van der Waals surface area contributed by atoms with E-state index in [1.165, 1.54) is 18.4 Å². The number of nitrogens with zero attached hydrogens (tertiary/aromatic N) is 2. The van der Waals surface area contributed by atoms with E-state index in [0.29, 0.717) is 12.1 Å². The van der Waals surface area contributed by atoms with Gasteiger partial charge >= 0.3 is 0 Å². The molecule has 23 heavy (non-hydrogen) atoms. The predicted octanol–water partition coefficient (Wildman–Crippen LogP) is 2.66. The molecule has 0 radical (unpaired) electrons. The highest BCUT2D eigenvalue weighted by atomic mass is 15.2. The molecular formula is C19H32N4. The number of aliphatic imine (C=N–C) groups is 1. The van der Waals surface area contributed by atoms with Crippen LogP contribution in [0.25, 0.3) is 0 Å². The van der Waals surface area contributed by atoms with Gasteiger partial charge in [-0.05, 0) is 44.8 Å². The Hall–Kier alpha value is -1.55. The average Bonchev–Trinajstić information content (AvgIpc) is 3.38. The van der Waals surface area contributed by atoms with Gasteiger partial charge in [-0.3, -0.25) is 9.89 Å². The molecule has 1 saturated carbocycles. The van der Waals surface area contributed by atoms with Crippen molar-refractivity contribution in [3.05, 3.63) is 35.9 Å². The van der Waals surface area contributed by atoms with Gasteiger partial charge in [-0.25, -0.2) is 0 Å². The lowest BCUT2D eigenvalue weighted by Crippen LogP contribution is -2.42. The van der Waals surface area contributed by atoms with Crippen LogP contribution in [0.4, 0.5) is 0 Å². The van der Waals surface area contributed by atoms with Crippen LogP contribution in [0.3, 0.4) is 0 Å². The molecule has 4 heteroatoms. The van der Waals surface area contributed by atoms with Crippen LogP contribution in [0, 0.1) is 0 Å². The van der Waals surface area contributed by atoms with Crippen LogP contribution in [0.2, 0.25) is 0 Å². The predicted molar refractivity (Wildman–Crippen MR) is 99.0 cm³/mol. The van der Waals surface area contributed by atoms with E-state index < -0.39 is 0 Å². The van der Waals surface area contributed by atoms with Crippen molar-refractivity contribution < 1.29 is 0 Å². The molecule has 0 aromatic heterocycles. The monoisotopic (exact) mass is 316 g/mol. The first-order valence-electron chi connectivity index (χ1n) is 9.09. The molecule has 0 saturated heterocycles. The Morgan fingerprint density at radius 3 is 2.43 bits per heavy atom. The minimum absolute atomic E-state index is 0.446. The third kappa shape index (κ3) is 6.22. The van der Waals surface area contributed by atoms with Gasteiger partial charge in [0.2, 0.25) is 0 Å². The van der Waals surface area contributed by atoms with Gasteiger partial charge in [0, 0.05) is 18.6 Å². The van der Waals surface area contributed by atoms with Gasteiger partial charge in [-0.2, -0.15) is 0 Å². The number of nitrogens with one attached hydrogen (secondary N) is 2. The van der Waals surface area contributed by atoms with Crippen LogP contribution in [-0.2, 0) is 6.42 Å². The lowest BCUT2D eigenvalue weighted by Gasteiger charge is -2.29. The third-order valence-electron chi connectivity index (χ3n) is 4.37. The van der Waals surface area contributed by atoms with Crippen molar-refractivity contribution in [2.45, 2.75) is 52.1 Å². The van der Waals surface area contributed by atoms with Gasteiger partial charge in [-0.15, -0.1) is 0 Å². The summed E-state index contributed by atoms with van der Waals surface area (Å²) in [5.74, 6) is 0.972. The fourth-order valence-corrected chi connectivity index (χ4v) is 2.87. The number of benzene rings is 1. The first-order valence-corrected chi connectivity index (χ1v) is 9.09. The zero-order valence-corrected chi connectivity index (χ0v) is 14.9. The fourth-order valence-electron chi connectivity index (χ4n) is 2.87. The van der Waals surface area contributed by atoms with Crippen LogP contribution < -0.4 is 10.6 Å². The maximum Gasteiger partial charge on any atom is 0.191 e. The van der Waals surface area contributed by atoms with Crippen molar-refractivity contribution in [3.8, 4) is 0 Å². The number of hydrogen-bond donors (Lipinski definition) is 2. The normalized spacial score (nSPS) is 16.4. The van der Waals surface area contributed by atoms with E-state index in [4.69, 9.17) is 4.99 Å². The highest BCUT2D eigenvalue weighted by Crippen LogP contribution is 2.18. The Kier molecular flexibility index (Phi) is 7.40. The molecule has 1 fully saturated rings. The Morgan fingerprint density at radius 1 is 1.17 bits per heavy atom. The standard InChI is InChI=1S/C19H32N4/c1-4-20-19(22-17-12-13-17)21-15-18(23(5-2)6-3)14-16-10-8-7-9-11-16/h7-11,17-18H,4-6,12-15H2,1-3H3,(H2,20,21,22). The maximum atomic E-state index is 4.86. The van der Waals surface area contributed by atoms with Gasteiger partial charge < -0.3 is 10.6 Å². The second-order valence-corrected chi connectivity index (χ2v) is 6.20. The lowest BCUT2D eigenvalue weighted by atomic mass is 10.0. The molecule has 2 N–H and O–H groups in total. The molecule has 0 heterocycles. The molecule has 1 atom stereocenters. The minimum Gasteiger partial charge on any atom is -0.357 e. The van der Waals surface area contributed by atoms with E-state index >= 15 is 0 Å². The van der Waals surface area contributed by atoms with Crippen molar-refractivity contribution in [2.24, 2.45) is 4.99 Å². The zero-order chi connectivity index (χ0) is 16.5. The summed E-state index contributed by atoms with van der Waals surface area (Å²) in [5, 5.41) is 6.87. The summed E-state index contributed by atoms with van der Waals surface area (Å²) in [5.41, 5.74) is 1.39. The summed E-state index contributed by atoms with van der Waals surface area (Å²) in [7, 11) is 0. The average molecular weight is 316 g/mol. The van der Waals surface area contributed by atoms with Crippen molar-refractivity contribution in [1.29, 1.82) is 0 Å².